The second-order valence-electron chi connectivity index (χ2n) is 14.8. The van der Waals surface area contributed by atoms with Gasteiger partial charge >= 0.3 is 0 Å². The Labute approximate surface area is 329 Å². The summed E-state index contributed by atoms with van der Waals surface area (Å²) in [5.41, 5.74) is 14.9. The summed E-state index contributed by atoms with van der Waals surface area (Å²) in [4.78, 5) is 4.94. The molecule has 9 aromatic carbocycles. The van der Waals surface area contributed by atoms with E-state index >= 15 is 0 Å². The van der Waals surface area contributed by atoms with Crippen LogP contribution in [0.4, 0.5) is 17.1 Å². The highest BCUT2D eigenvalue weighted by molar-refractivity contribution is 7.99. The van der Waals surface area contributed by atoms with Crippen molar-refractivity contribution in [3.05, 3.63) is 222 Å². The van der Waals surface area contributed by atoms with Gasteiger partial charge in [-0.3, -0.25) is 0 Å². The topological polar surface area (TPSA) is 16.4 Å². The molecule has 0 bridgehead atoms. The van der Waals surface area contributed by atoms with Crippen LogP contribution in [0.3, 0.4) is 0 Å². The fourth-order valence-corrected chi connectivity index (χ4v) is 10.9. The highest BCUT2D eigenvalue weighted by Crippen LogP contribution is 2.65. The molecular weight excluding hydrogens is 699 g/mol. The van der Waals surface area contributed by atoms with Gasteiger partial charge in [0.05, 0.1) is 11.1 Å². The molecular formula is C53H33NOS. The van der Waals surface area contributed by atoms with Crippen molar-refractivity contribution in [2.75, 3.05) is 4.90 Å². The molecule has 0 N–H and O–H groups in total. The van der Waals surface area contributed by atoms with Gasteiger partial charge in [0.2, 0.25) is 0 Å². The van der Waals surface area contributed by atoms with Crippen LogP contribution in [-0.4, -0.2) is 0 Å². The van der Waals surface area contributed by atoms with Crippen LogP contribution in [0, 0.1) is 0 Å². The molecule has 56 heavy (non-hydrogen) atoms. The van der Waals surface area contributed by atoms with E-state index in [0.717, 1.165) is 39.0 Å². The molecule has 1 aromatic heterocycles. The number of rotatable bonds is 4. The Kier molecular flexibility index (Phi) is 6.81. The summed E-state index contributed by atoms with van der Waals surface area (Å²) in [5, 5.41) is 4.80. The van der Waals surface area contributed by atoms with E-state index < -0.39 is 5.41 Å². The van der Waals surface area contributed by atoms with Crippen LogP contribution in [0.1, 0.15) is 22.3 Å². The van der Waals surface area contributed by atoms with E-state index in [1.54, 1.807) is 0 Å². The second-order valence-corrected chi connectivity index (χ2v) is 15.8. The van der Waals surface area contributed by atoms with Gasteiger partial charge in [0.25, 0.3) is 0 Å². The summed E-state index contributed by atoms with van der Waals surface area (Å²) in [5.74, 6) is 0. The summed E-state index contributed by atoms with van der Waals surface area (Å²) in [6, 6.07) is 73.2. The van der Waals surface area contributed by atoms with Gasteiger partial charge in [-0.1, -0.05) is 163 Å². The molecule has 10 aromatic rings. The number of hydrogen-bond acceptors (Lipinski definition) is 3. The maximum absolute atomic E-state index is 6.59. The standard InChI is InChI=1S/C53H33NOS/c1-2-15-36(16-3-1)54(46-25-13-22-43-41-19-7-10-26-47(41)55-52(43)46)37-31-28-35(29-32-37)38-20-12-21-42-40-18-6-8-23-44(40)53(50(38)42)45-24-9-11-27-48(45)56-49-33-30-34-14-4-5-17-39(34)51(49)53/h1-33H. The number of anilines is 3. The SMILES string of the molecule is c1ccc(N(c2ccc(-c3cccc4c3C3(c5ccccc5Sc5ccc6ccccc6c53)c3ccccc3-4)cc2)c2cccc3c2oc2ccccc23)cc1. The highest BCUT2D eigenvalue weighted by atomic mass is 32.2. The van der Waals surface area contributed by atoms with E-state index in [-0.39, 0.29) is 0 Å². The van der Waals surface area contributed by atoms with E-state index in [1.807, 2.05) is 17.8 Å². The first-order valence-corrected chi connectivity index (χ1v) is 20.0. The number of para-hydroxylation sites is 3. The first kappa shape index (κ1) is 31.5. The molecule has 0 amide bonds. The lowest BCUT2D eigenvalue weighted by Gasteiger charge is -2.41. The quantitative estimate of drug-likeness (QED) is 0.179. The van der Waals surface area contributed by atoms with Crippen LogP contribution < -0.4 is 4.90 Å². The molecule has 0 saturated carbocycles. The molecule has 0 fully saturated rings. The summed E-state index contributed by atoms with van der Waals surface area (Å²) in [6.07, 6.45) is 0. The minimum atomic E-state index is -0.508. The summed E-state index contributed by atoms with van der Waals surface area (Å²) < 4.78 is 6.59. The Morgan fingerprint density at radius 3 is 1.96 bits per heavy atom. The van der Waals surface area contributed by atoms with Gasteiger partial charge in [-0.05, 0) is 104 Å². The number of fused-ring (bicyclic) bond motifs is 14. The lowest BCUT2D eigenvalue weighted by Crippen LogP contribution is -2.32. The number of nitrogens with zero attached hydrogens (tertiary/aromatic N) is 1. The second kappa shape index (κ2) is 12.1. The number of benzene rings is 9. The highest BCUT2D eigenvalue weighted by Gasteiger charge is 2.52. The first-order chi connectivity index (χ1) is 27.8. The molecule has 2 aliphatic rings. The maximum atomic E-state index is 6.59. The van der Waals surface area contributed by atoms with Crippen LogP contribution in [0.25, 0.3) is 55.0 Å². The Bertz CT molecular complexity index is 3180. The molecule has 1 aliphatic heterocycles. The third-order valence-electron chi connectivity index (χ3n) is 11.9. The molecule has 2 nitrogen and oxygen atoms in total. The van der Waals surface area contributed by atoms with Crippen LogP contribution in [0.5, 0.6) is 0 Å². The molecule has 1 unspecified atom stereocenters. The minimum Gasteiger partial charge on any atom is -0.454 e. The normalized spacial score (nSPS) is 15.1. The van der Waals surface area contributed by atoms with Crippen molar-refractivity contribution in [3.63, 3.8) is 0 Å². The Morgan fingerprint density at radius 1 is 0.411 bits per heavy atom. The lowest BCUT2D eigenvalue weighted by molar-refractivity contribution is 0.669. The number of hydrogen-bond donors (Lipinski definition) is 0. The zero-order valence-electron chi connectivity index (χ0n) is 30.3. The van der Waals surface area contributed by atoms with Crippen molar-refractivity contribution >= 4 is 61.5 Å². The van der Waals surface area contributed by atoms with Crippen LogP contribution >= 0.6 is 11.8 Å². The van der Waals surface area contributed by atoms with Crippen molar-refractivity contribution in [2.24, 2.45) is 0 Å². The fraction of sp³-hybridized carbons (Fsp3) is 0.0189. The minimum absolute atomic E-state index is 0.508. The van der Waals surface area contributed by atoms with E-state index in [1.165, 1.54) is 65.1 Å². The molecule has 262 valence electrons. The van der Waals surface area contributed by atoms with Gasteiger partial charge in [-0.2, -0.15) is 0 Å². The summed E-state index contributed by atoms with van der Waals surface area (Å²) >= 11 is 1.90. The first-order valence-electron chi connectivity index (χ1n) is 19.2. The van der Waals surface area contributed by atoms with Gasteiger partial charge in [-0.25, -0.2) is 0 Å². The Hall–Kier alpha value is -6.81. The van der Waals surface area contributed by atoms with Crippen LogP contribution in [0.15, 0.2) is 214 Å². The van der Waals surface area contributed by atoms with Crippen molar-refractivity contribution < 1.29 is 4.42 Å². The lowest BCUT2D eigenvalue weighted by atomic mass is 9.64. The third-order valence-corrected chi connectivity index (χ3v) is 13.0. The predicted molar refractivity (Wildman–Crippen MR) is 233 cm³/mol. The summed E-state index contributed by atoms with van der Waals surface area (Å²) in [7, 11) is 0. The molecule has 12 rings (SSSR count). The zero-order chi connectivity index (χ0) is 36.8. The monoisotopic (exact) mass is 731 g/mol. The fourth-order valence-electron chi connectivity index (χ4n) is 9.69. The number of furan rings is 1. The molecule has 0 saturated heterocycles. The maximum Gasteiger partial charge on any atom is 0.159 e. The van der Waals surface area contributed by atoms with Gasteiger partial charge in [0.1, 0.15) is 5.58 Å². The zero-order valence-corrected chi connectivity index (χ0v) is 31.1. The van der Waals surface area contributed by atoms with E-state index in [0.29, 0.717) is 0 Å². The van der Waals surface area contributed by atoms with Crippen molar-refractivity contribution in [3.8, 4) is 22.3 Å². The molecule has 1 atom stereocenters. The Balaban J connectivity index is 1.10. The molecule has 1 spiro atoms. The average molecular weight is 732 g/mol. The van der Waals surface area contributed by atoms with Gasteiger partial charge in [0.15, 0.2) is 5.58 Å². The van der Waals surface area contributed by atoms with Gasteiger partial charge in [0, 0.05) is 31.9 Å². The molecule has 3 heteroatoms. The van der Waals surface area contributed by atoms with Crippen LogP contribution in [-0.2, 0) is 5.41 Å². The summed E-state index contributed by atoms with van der Waals surface area (Å²) in [6.45, 7) is 0. The largest absolute Gasteiger partial charge is 0.454 e. The smallest absolute Gasteiger partial charge is 0.159 e. The van der Waals surface area contributed by atoms with E-state index in [9.17, 15) is 0 Å². The van der Waals surface area contributed by atoms with E-state index in [4.69, 9.17) is 4.42 Å². The average Bonchev–Trinajstić information content (AvgIpc) is 3.79. The van der Waals surface area contributed by atoms with Crippen molar-refractivity contribution in [1.82, 2.24) is 0 Å². The van der Waals surface area contributed by atoms with Crippen LogP contribution in [0.2, 0.25) is 0 Å². The predicted octanol–water partition coefficient (Wildman–Crippen LogP) is 14.7. The van der Waals surface area contributed by atoms with Crippen molar-refractivity contribution in [2.45, 2.75) is 15.2 Å². The van der Waals surface area contributed by atoms with E-state index in [2.05, 4.69) is 199 Å². The Morgan fingerprint density at radius 2 is 1.07 bits per heavy atom. The van der Waals surface area contributed by atoms with Gasteiger partial charge in [-0.15, -0.1) is 0 Å². The molecule has 2 heterocycles. The third kappa shape index (κ3) is 4.35. The van der Waals surface area contributed by atoms with Crippen molar-refractivity contribution in [1.29, 1.82) is 0 Å². The molecule has 1 aliphatic carbocycles. The molecule has 0 radical (unpaired) electrons. The van der Waals surface area contributed by atoms with Gasteiger partial charge < -0.3 is 9.32 Å².